The fourth-order valence-electron chi connectivity index (χ4n) is 1.41. The van der Waals surface area contributed by atoms with Gasteiger partial charge in [-0.3, -0.25) is 9.63 Å². The summed E-state index contributed by atoms with van der Waals surface area (Å²) in [5.41, 5.74) is 9.05. The van der Waals surface area contributed by atoms with Crippen molar-refractivity contribution in [1.82, 2.24) is 5.48 Å². The highest BCUT2D eigenvalue weighted by Gasteiger charge is 2.02. The SMILES string of the molecule is CC(N)CCCC(=O)NOCc1ccccc1. The Morgan fingerprint density at radius 2 is 2.12 bits per heavy atom. The molecule has 0 aliphatic carbocycles. The molecule has 0 aromatic heterocycles. The van der Waals surface area contributed by atoms with E-state index in [4.69, 9.17) is 10.6 Å². The molecule has 0 spiro atoms. The molecule has 1 rings (SSSR count). The molecule has 1 amide bonds. The highest BCUT2D eigenvalue weighted by atomic mass is 16.6. The van der Waals surface area contributed by atoms with Gasteiger partial charge in [-0.05, 0) is 25.3 Å². The van der Waals surface area contributed by atoms with Gasteiger partial charge in [0.1, 0.15) is 0 Å². The largest absolute Gasteiger partial charge is 0.328 e. The van der Waals surface area contributed by atoms with Gasteiger partial charge < -0.3 is 5.73 Å². The van der Waals surface area contributed by atoms with Crippen LogP contribution in [0, 0.1) is 0 Å². The molecule has 94 valence electrons. The van der Waals surface area contributed by atoms with Gasteiger partial charge in [0.2, 0.25) is 5.91 Å². The number of carbonyl (C=O) groups excluding carboxylic acids is 1. The van der Waals surface area contributed by atoms with Gasteiger partial charge in [0.15, 0.2) is 0 Å². The van der Waals surface area contributed by atoms with Crippen molar-refractivity contribution in [3.8, 4) is 0 Å². The topological polar surface area (TPSA) is 64.4 Å². The Morgan fingerprint density at radius 1 is 1.41 bits per heavy atom. The van der Waals surface area contributed by atoms with Crippen LogP contribution in [-0.2, 0) is 16.2 Å². The summed E-state index contributed by atoms with van der Waals surface area (Å²) in [6.07, 6.45) is 2.10. The fraction of sp³-hybridized carbons (Fsp3) is 0.462. The molecule has 4 nitrogen and oxygen atoms in total. The lowest BCUT2D eigenvalue weighted by molar-refractivity contribution is -0.134. The van der Waals surface area contributed by atoms with Gasteiger partial charge in [0.05, 0.1) is 6.61 Å². The predicted molar refractivity (Wildman–Crippen MR) is 66.9 cm³/mol. The summed E-state index contributed by atoms with van der Waals surface area (Å²) in [6.45, 7) is 2.32. The Morgan fingerprint density at radius 3 is 2.76 bits per heavy atom. The molecular weight excluding hydrogens is 216 g/mol. The van der Waals surface area contributed by atoms with Crippen LogP contribution in [0.25, 0.3) is 0 Å². The lowest BCUT2D eigenvalue weighted by Crippen LogP contribution is -2.24. The van der Waals surface area contributed by atoms with Crippen molar-refractivity contribution in [3.63, 3.8) is 0 Å². The van der Waals surface area contributed by atoms with E-state index in [2.05, 4.69) is 5.48 Å². The Labute approximate surface area is 102 Å². The van der Waals surface area contributed by atoms with E-state index in [0.717, 1.165) is 18.4 Å². The Balaban J connectivity index is 2.08. The van der Waals surface area contributed by atoms with Gasteiger partial charge >= 0.3 is 0 Å². The first-order valence-corrected chi connectivity index (χ1v) is 5.88. The monoisotopic (exact) mass is 236 g/mol. The van der Waals surface area contributed by atoms with E-state index in [9.17, 15) is 4.79 Å². The first-order valence-electron chi connectivity index (χ1n) is 5.88. The van der Waals surface area contributed by atoms with Gasteiger partial charge in [-0.2, -0.15) is 0 Å². The van der Waals surface area contributed by atoms with Crippen LogP contribution in [0.5, 0.6) is 0 Å². The third-order valence-corrected chi connectivity index (χ3v) is 2.33. The number of amides is 1. The van der Waals surface area contributed by atoms with Crippen molar-refractivity contribution >= 4 is 5.91 Å². The highest BCUT2D eigenvalue weighted by Crippen LogP contribution is 2.00. The molecule has 0 bridgehead atoms. The molecule has 0 saturated carbocycles. The van der Waals surface area contributed by atoms with E-state index in [1.54, 1.807) is 0 Å². The van der Waals surface area contributed by atoms with E-state index in [1.165, 1.54) is 0 Å². The average Bonchev–Trinajstić information content (AvgIpc) is 2.30. The molecule has 1 aromatic carbocycles. The maximum atomic E-state index is 11.3. The van der Waals surface area contributed by atoms with Crippen LogP contribution in [0.1, 0.15) is 31.7 Å². The summed E-state index contributed by atoms with van der Waals surface area (Å²) < 4.78 is 0. The third-order valence-electron chi connectivity index (χ3n) is 2.33. The van der Waals surface area contributed by atoms with E-state index in [1.807, 2.05) is 37.3 Å². The molecule has 0 aliphatic rings. The zero-order valence-corrected chi connectivity index (χ0v) is 10.2. The first-order chi connectivity index (χ1) is 8.18. The molecule has 4 heteroatoms. The van der Waals surface area contributed by atoms with Crippen molar-refractivity contribution in [2.24, 2.45) is 5.73 Å². The molecule has 1 aromatic rings. The third kappa shape index (κ3) is 6.71. The maximum Gasteiger partial charge on any atom is 0.243 e. The van der Waals surface area contributed by atoms with Crippen LogP contribution < -0.4 is 11.2 Å². The number of hydrogen-bond acceptors (Lipinski definition) is 3. The number of carbonyl (C=O) groups is 1. The minimum Gasteiger partial charge on any atom is -0.328 e. The number of hydroxylamine groups is 1. The zero-order chi connectivity index (χ0) is 12.5. The van der Waals surface area contributed by atoms with Gasteiger partial charge in [-0.25, -0.2) is 5.48 Å². The second-order valence-electron chi connectivity index (χ2n) is 4.17. The number of hydrogen-bond donors (Lipinski definition) is 2. The van der Waals surface area contributed by atoms with Crippen molar-refractivity contribution < 1.29 is 9.63 Å². The van der Waals surface area contributed by atoms with Crippen molar-refractivity contribution in [3.05, 3.63) is 35.9 Å². The lowest BCUT2D eigenvalue weighted by atomic mass is 10.1. The van der Waals surface area contributed by atoms with Gasteiger partial charge in [0, 0.05) is 12.5 Å². The second-order valence-corrected chi connectivity index (χ2v) is 4.17. The van der Waals surface area contributed by atoms with E-state index < -0.39 is 0 Å². The lowest BCUT2D eigenvalue weighted by Gasteiger charge is -2.07. The molecular formula is C13H20N2O2. The van der Waals surface area contributed by atoms with Crippen LogP contribution in [-0.4, -0.2) is 11.9 Å². The minimum atomic E-state index is -0.0958. The molecule has 1 atom stereocenters. The average molecular weight is 236 g/mol. The highest BCUT2D eigenvalue weighted by molar-refractivity contribution is 5.74. The van der Waals surface area contributed by atoms with E-state index in [0.29, 0.717) is 13.0 Å². The number of benzene rings is 1. The van der Waals surface area contributed by atoms with Crippen LogP contribution >= 0.6 is 0 Å². The quantitative estimate of drug-likeness (QED) is 0.709. The second kappa shape index (κ2) is 7.81. The smallest absolute Gasteiger partial charge is 0.243 e. The fourth-order valence-corrected chi connectivity index (χ4v) is 1.41. The molecule has 0 radical (unpaired) electrons. The predicted octanol–water partition coefficient (Wildman–Crippen LogP) is 1.75. The van der Waals surface area contributed by atoms with Gasteiger partial charge in [-0.15, -0.1) is 0 Å². The molecule has 0 aliphatic heterocycles. The molecule has 0 fully saturated rings. The first kappa shape index (κ1) is 13.7. The van der Waals surface area contributed by atoms with Gasteiger partial charge in [0.25, 0.3) is 0 Å². The molecule has 3 N–H and O–H groups in total. The molecule has 0 saturated heterocycles. The van der Waals surface area contributed by atoms with Crippen molar-refractivity contribution in [1.29, 1.82) is 0 Å². The van der Waals surface area contributed by atoms with Crippen molar-refractivity contribution in [2.45, 2.75) is 38.8 Å². The van der Waals surface area contributed by atoms with Crippen LogP contribution in [0.4, 0.5) is 0 Å². The molecule has 0 heterocycles. The van der Waals surface area contributed by atoms with Crippen LogP contribution in [0.15, 0.2) is 30.3 Å². The number of rotatable bonds is 7. The summed E-state index contributed by atoms with van der Waals surface area (Å²) in [5, 5.41) is 0. The minimum absolute atomic E-state index is 0.0958. The Bertz CT molecular complexity index is 325. The normalized spacial score (nSPS) is 12.1. The summed E-state index contributed by atoms with van der Waals surface area (Å²) >= 11 is 0. The Hall–Kier alpha value is -1.39. The standard InChI is InChI=1S/C13H20N2O2/c1-11(14)6-5-9-13(16)15-17-10-12-7-3-2-4-8-12/h2-4,7-8,11H,5-6,9-10,14H2,1H3,(H,15,16). The Kier molecular flexibility index (Phi) is 6.29. The number of nitrogens with two attached hydrogens (primary N) is 1. The summed E-state index contributed by atoms with van der Waals surface area (Å²) in [6, 6.07) is 9.85. The molecule has 17 heavy (non-hydrogen) atoms. The van der Waals surface area contributed by atoms with Crippen LogP contribution in [0.2, 0.25) is 0 Å². The van der Waals surface area contributed by atoms with Crippen LogP contribution in [0.3, 0.4) is 0 Å². The maximum absolute atomic E-state index is 11.3. The molecule has 1 unspecified atom stereocenters. The van der Waals surface area contributed by atoms with Gasteiger partial charge in [-0.1, -0.05) is 30.3 Å². The van der Waals surface area contributed by atoms with E-state index >= 15 is 0 Å². The number of nitrogens with one attached hydrogen (secondary N) is 1. The van der Waals surface area contributed by atoms with E-state index in [-0.39, 0.29) is 11.9 Å². The zero-order valence-electron chi connectivity index (χ0n) is 10.2. The summed E-state index contributed by atoms with van der Waals surface area (Å²) in [4.78, 5) is 16.4. The van der Waals surface area contributed by atoms with Crippen molar-refractivity contribution in [2.75, 3.05) is 0 Å². The summed E-state index contributed by atoms with van der Waals surface area (Å²) in [5.74, 6) is -0.0958. The summed E-state index contributed by atoms with van der Waals surface area (Å²) in [7, 11) is 0.